The van der Waals surface area contributed by atoms with E-state index < -0.39 is 12.1 Å². The molecule has 4 rings (SSSR count). The Balaban J connectivity index is 1.47. The van der Waals surface area contributed by atoms with Gasteiger partial charge in [0, 0.05) is 41.8 Å². The summed E-state index contributed by atoms with van der Waals surface area (Å²) in [7, 11) is 0. The van der Waals surface area contributed by atoms with Crippen molar-refractivity contribution in [2.24, 2.45) is 0 Å². The monoisotopic (exact) mass is 407 g/mol. The average molecular weight is 407 g/mol. The third kappa shape index (κ3) is 4.45. The Labute approximate surface area is 175 Å². The van der Waals surface area contributed by atoms with Crippen molar-refractivity contribution in [3.05, 3.63) is 77.0 Å². The van der Waals surface area contributed by atoms with Crippen LogP contribution in [0.2, 0.25) is 0 Å². The van der Waals surface area contributed by atoms with Crippen molar-refractivity contribution < 1.29 is 14.4 Å². The first-order valence-corrected chi connectivity index (χ1v) is 10.2. The highest BCUT2D eigenvalue weighted by atomic mass is 19.1. The number of hydrogen-bond acceptors (Lipinski definition) is 3. The molecule has 156 valence electrons. The number of nitrogens with one attached hydrogen (secondary N) is 2. The quantitative estimate of drug-likeness (QED) is 0.327. The Hall–Kier alpha value is -2.96. The largest absolute Gasteiger partial charge is 0.358 e. The number of halogens is 1. The first-order valence-electron chi connectivity index (χ1n) is 10.2. The van der Waals surface area contributed by atoms with Gasteiger partial charge in [-0.05, 0) is 48.6 Å². The first-order chi connectivity index (χ1) is 14.5. The van der Waals surface area contributed by atoms with Crippen LogP contribution in [0.4, 0.5) is 4.39 Å². The highest BCUT2D eigenvalue weighted by Gasteiger charge is 2.32. The number of alkyl halides is 1. The average Bonchev–Trinajstić information content (AvgIpc) is 3.26. The van der Waals surface area contributed by atoms with E-state index in [0.717, 1.165) is 28.8 Å². The number of amides is 1. The summed E-state index contributed by atoms with van der Waals surface area (Å²) in [6.45, 7) is 3.23. The highest BCUT2D eigenvalue weighted by Crippen LogP contribution is 2.30. The van der Waals surface area contributed by atoms with Gasteiger partial charge < -0.3 is 4.98 Å². The van der Waals surface area contributed by atoms with Crippen molar-refractivity contribution in [3.63, 3.8) is 0 Å². The standard InChI is InChI=1S/C24H26FN3O2/c1-16-22(21-4-2-3-5-23(21)26-16)13-20-12-19(25)15-28(20)14-18-8-6-17(7-9-18)10-11-24(29)27-30/h2-11,19-20,26,30H,12-15H2,1H3,(H,27,29). The minimum Gasteiger partial charge on any atom is -0.358 e. The second-order valence-corrected chi connectivity index (χ2v) is 7.95. The summed E-state index contributed by atoms with van der Waals surface area (Å²) in [5.74, 6) is -0.569. The number of benzene rings is 2. The van der Waals surface area contributed by atoms with E-state index in [4.69, 9.17) is 5.21 Å². The number of aromatic nitrogens is 1. The molecule has 3 N–H and O–H groups in total. The Bertz CT molecular complexity index is 1060. The molecule has 2 heterocycles. The Kier molecular flexibility index (Phi) is 5.97. The Morgan fingerprint density at radius 2 is 2.03 bits per heavy atom. The van der Waals surface area contributed by atoms with Gasteiger partial charge in [-0.15, -0.1) is 0 Å². The molecule has 30 heavy (non-hydrogen) atoms. The van der Waals surface area contributed by atoms with E-state index in [2.05, 4.69) is 28.9 Å². The summed E-state index contributed by atoms with van der Waals surface area (Å²) in [5, 5.41) is 9.76. The van der Waals surface area contributed by atoms with Crippen LogP contribution >= 0.6 is 0 Å². The Morgan fingerprint density at radius 3 is 2.80 bits per heavy atom. The fourth-order valence-corrected chi connectivity index (χ4v) is 4.34. The molecule has 0 bridgehead atoms. The highest BCUT2D eigenvalue weighted by molar-refractivity contribution is 5.90. The molecule has 0 spiro atoms. The van der Waals surface area contributed by atoms with E-state index in [1.54, 1.807) is 11.6 Å². The SMILES string of the molecule is Cc1[nH]c2ccccc2c1CC1CC(F)CN1Cc1ccc(C=CC(=O)NO)cc1. The number of para-hydroxylation sites is 1. The summed E-state index contributed by atoms with van der Waals surface area (Å²) >= 11 is 0. The van der Waals surface area contributed by atoms with E-state index in [-0.39, 0.29) is 6.04 Å². The molecular weight excluding hydrogens is 381 g/mol. The summed E-state index contributed by atoms with van der Waals surface area (Å²) in [6, 6.07) is 16.3. The minimum absolute atomic E-state index is 0.158. The molecule has 0 aliphatic carbocycles. The number of H-pyrrole nitrogens is 1. The van der Waals surface area contributed by atoms with E-state index >= 15 is 0 Å². The molecule has 2 aromatic carbocycles. The van der Waals surface area contributed by atoms with Gasteiger partial charge in [0.25, 0.3) is 5.91 Å². The van der Waals surface area contributed by atoms with Gasteiger partial charge in [0.2, 0.25) is 0 Å². The number of nitrogens with zero attached hydrogens (tertiary/aromatic N) is 1. The van der Waals surface area contributed by atoms with Crippen LogP contribution in [0.3, 0.4) is 0 Å². The van der Waals surface area contributed by atoms with Gasteiger partial charge in [-0.25, -0.2) is 9.87 Å². The number of hydrogen-bond donors (Lipinski definition) is 3. The Morgan fingerprint density at radius 1 is 1.27 bits per heavy atom. The number of rotatable bonds is 6. The molecule has 1 aliphatic heterocycles. The van der Waals surface area contributed by atoms with Crippen molar-refractivity contribution in [3.8, 4) is 0 Å². The van der Waals surface area contributed by atoms with Crippen LogP contribution in [0.5, 0.6) is 0 Å². The molecule has 1 amide bonds. The lowest BCUT2D eigenvalue weighted by Gasteiger charge is -2.24. The fraction of sp³-hybridized carbons (Fsp3) is 0.292. The smallest absolute Gasteiger partial charge is 0.267 e. The molecular formula is C24H26FN3O2. The van der Waals surface area contributed by atoms with Crippen molar-refractivity contribution in [1.29, 1.82) is 0 Å². The van der Waals surface area contributed by atoms with Gasteiger partial charge in [0.05, 0.1) is 0 Å². The molecule has 1 saturated heterocycles. The molecule has 2 unspecified atom stereocenters. The van der Waals surface area contributed by atoms with Crippen LogP contribution in [0, 0.1) is 6.92 Å². The predicted molar refractivity (Wildman–Crippen MR) is 116 cm³/mol. The van der Waals surface area contributed by atoms with Crippen LogP contribution in [0.25, 0.3) is 17.0 Å². The number of carbonyl (C=O) groups is 1. The second kappa shape index (κ2) is 8.81. The third-order valence-electron chi connectivity index (χ3n) is 5.85. The van der Waals surface area contributed by atoms with E-state index in [1.165, 1.54) is 17.0 Å². The van der Waals surface area contributed by atoms with Crippen molar-refractivity contribution in [2.45, 2.75) is 38.5 Å². The van der Waals surface area contributed by atoms with E-state index in [0.29, 0.717) is 19.5 Å². The van der Waals surface area contributed by atoms with Crippen LogP contribution in [-0.2, 0) is 17.8 Å². The second-order valence-electron chi connectivity index (χ2n) is 7.95. The lowest BCUT2D eigenvalue weighted by Crippen LogP contribution is -2.31. The minimum atomic E-state index is -0.806. The van der Waals surface area contributed by atoms with Crippen LogP contribution in [0.15, 0.2) is 54.6 Å². The maximum Gasteiger partial charge on any atom is 0.267 e. The van der Waals surface area contributed by atoms with Crippen LogP contribution in [-0.4, -0.2) is 39.8 Å². The predicted octanol–water partition coefficient (Wildman–Crippen LogP) is 4.15. The zero-order chi connectivity index (χ0) is 21.1. The first kappa shape index (κ1) is 20.3. The topological polar surface area (TPSA) is 68.4 Å². The van der Waals surface area contributed by atoms with Gasteiger partial charge in [-0.1, -0.05) is 42.5 Å². The van der Waals surface area contributed by atoms with Crippen molar-refractivity contribution >= 4 is 22.9 Å². The van der Waals surface area contributed by atoms with Gasteiger partial charge in [0.15, 0.2) is 0 Å². The molecule has 1 aliphatic rings. The number of likely N-dealkylation sites (tertiary alicyclic amines) is 1. The van der Waals surface area contributed by atoms with Crippen molar-refractivity contribution in [2.75, 3.05) is 6.54 Å². The zero-order valence-corrected chi connectivity index (χ0v) is 16.9. The van der Waals surface area contributed by atoms with Gasteiger partial charge >= 0.3 is 0 Å². The third-order valence-corrected chi connectivity index (χ3v) is 5.85. The lowest BCUT2D eigenvalue weighted by atomic mass is 10.0. The summed E-state index contributed by atoms with van der Waals surface area (Å²) in [6.07, 6.45) is 3.47. The van der Waals surface area contributed by atoms with Gasteiger partial charge in [0.1, 0.15) is 6.17 Å². The lowest BCUT2D eigenvalue weighted by molar-refractivity contribution is -0.124. The molecule has 0 saturated carbocycles. The van der Waals surface area contributed by atoms with Gasteiger partial charge in [-0.2, -0.15) is 0 Å². The van der Waals surface area contributed by atoms with Gasteiger partial charge in [-0.3, -0.25) is 14.9 Å². The van der Waals surface area contributed by atoms with Crippen LogP contribution in [0.1, 0.15) is 28.8 Å². The molecule has 5 nitrogen and oxygen atoms in total. The fourth-order valence-electron chi connectivity index (χ4n) is 4.34. The maximum absolute atomic E-state index is 14.3. The maximum atomic E-state index is 14.3. The molecule has 0 radical (unpaired) electrons. The van der Waals surface area contributed by atoms with E-state index in [1.807, 2.05) is 36.4 Å². The zero-order valence-electron chi connectivity index (χ0n) is 16.9. The molecule has 6 heteroatoms. The van der Waals surface area contributed by atoms with E-state index in [9.17, 15) is 9.18 Å². The normalized spacial score (nSPS) is 19.7. The molecule has 2 atom stereocenters. The number of hydroxylamine groups is 1. The molecule has 1 fully saturated rings. The summed E-state index contributed by atoms with van der Waals surface area (Å²) < 4.78 is 14.3. The van der Waals surface area contributed by atoms with Crippen molar-refractivity contribution in [1.82, 2.24) is 15.4 Å². The molecule has 3 aromatic rings. The molecule has 1 aromatic heterocycles. The number of fused-ring (bicyclic) bond motifs is 1. The number of carbonyl (C=O) groups excluding carboxylic acids is 1. The summed E-state index contributed by atoms with van der Waals surface area (Å²) in [5.41, 5.74) is 7.09. The number of aromatic amines is 1. The summed E-state index contributed by atoms with van der Waals surface area (Å²) in [4.78, 5) is 16.8. The van der Waals surface area contributed by atoms with Crippen LogP contribution < -0.4 is 5.48 Å². The number of aryl methyl sites for hydroxylation is 1.